The van der Waals surface area contributed by atoms with Gasteiger partial charge in [0.25, 0.3) is 5.91 Å². The molecule has 1 heterocycles. The molecule has 1 amide bonds. The summed E-state index contributed by atoms with van der Waals surface area (Å²) in [5.74, 6) is -0.204. The molecule has 1 saturated heterocycles. The third-order valence-corrected chi connectivity index (χ3v) is 3.79. The maximum Gasteiger partial charge on any atom is 0.281 e. The predicted molar refractivity (Wildman–Crippen MR) is 83.9 cm³/mol. The smallest absolute Gasteiger partial charge is 0.281 e. The van der Waals surface area contributed by atoms with Crippen LogP contribution in [0.1, 0.15) is 5.56 Å². The molecule has 0 saturated carbocycles. The Bertz CT molecular complexity index is 475. The number of ether oxygens (including phenoxy) is 1. The van der Waals surface area contributed by atoms with Crippen LogP contribution in [0.4, 0.5) is 0 Å². The Morgan fingerprint density at radius 1 is 1.29 bits per heavy atom. The van der Waals surface area contributed by atoms with Gasteiger partial charge in [0.05, 0.1) is 19.8 Å². The molecular formula is C15H20N2O3S. The van der Waals surface area contributed by atoms with Gasteiger partial charge < -0.3 is 19.6 Å². The van der Waals surface area contributed by atoms with Crippen molar-refractivity contribution < 1.29 is 14.6 Å². The summed E-state index contributed by atoms with van der Waals surface area (Å²) in [7, 11) is 0. The number of carbonyl (C=O) groups is 1. The van der Waals surface area contributed by atoms with Gasteiger partial charge in [-0.3, -0.25) is 4.79 Å². The second kappa shape index (κ2) is 8.07. The maximum absolute atomic E-state index is 12.5. The third-order valence-electron chi connectivity index (χ3n) is 3.35. The van der Waals surface area contributed by atoms with Crippen molar-refractivity contribution in [2.75, 3.05) is 39.5 Å². The van der Waals surface area contributed by atoms with E-state index in [1.165, 1.54) is 0 Å². The van der Waals surface area contributed by atoms with Gasteiger partial charge in [-0.15, -0.1) is 0 Å². The van der Waals surface area contributed by atoms with Gasteiger partial charge in [-0.25, -0.2) is 0 Å². The lowest BCUT2D eigenvalue weighted by Crippen LogP contribution is -2.48. The Labute approximate surface area is 130 Å². The first-order valence-corrected chi connectivity index (χ1v) is 7.44. The molecule has 0 bridgehead atoms. The number of hydrogen-bond donors (Lipinski definition) is 1. The number of morpholine rings is 1. The highest BCUT2D eigenvalue weighted by Gasteiger charge is 2.24. The second-order valence-corrected chi connectivity index (χ2v) is 5.23. The number of aliphatic hydroxyl groups is 1. The Balaban J connectivity index is 2.02. The number of carbonyl (C=O) groups excluding carboxylic acids is 1. The van der Waals surface area contributed by atoms with Crippen molar-refractivity contribution in [3.63, 3.8) is 0 Å². The summed E-state index contributed by atoms with van der Waals surface area (Å²) in [6.45, 7) is 3.11. The van der Waals surface area contributed by atoms with Crippen LogP contribution in [0.5, 0.6) is 0 Å². The van der Waals surface area contributed by atoms with E-state index in [-0.39, 0.29) is 19.1 Å². The monoisotopic (exact) mass is 308 g/mol. The number of nitrogens with zero attached hydrogens (tertiary/aromatic N) is 2. The van der Waals surface area contributed by atoms with Crippen molar-refractivity contribution in [3.05, 3.63) is 35.9 Å². The Kier molecular flexibility index (Phi) is 6.10. The lowest BCUT2D eigenvalue weighted by atomic mass is 10.2. The van der Waals surface area contributed by atoms with Crippen LogP contribution in [0.2, 0.25) is 0 Å². The molecule has 0 radical (unpaired) electrons. The first kappa shape index (κ1) is 15.9. The highest BCUT2D eigenvalue weighted by atomic mass is 32.1. The molecule has 21 heavy (non-hydrogen) atoms. The van der Waals surface area contributed by atoms with Gasteiger partial charge in [0.15, 0.2) is 4.99 Å². The van der Waals surface area contributed by atoms with E-state index in [4.69, 9.17) is 17.0 Å². The minimum absolute atomic E-state index is 0.0791. The molecule has 1 fully saturated rings. The average Bonchev–Trinajstić information content (AvgIpc) is 2.55. The molecule has 0 unspecified atom stereocenters. The number of benzene rings is 1. The summed E-state index contributed by atoms with van der Waals surface area (Å²) < 4.78 is 5.27. The molecule has 2 rings (SSSR count). The van der Waals surface area contributed by atoms with Crippen LogP contribution in [-0.4, -0.2) is 65.3 Å². The Morgan fingerprint density at radius 2 is 1.95 bits per heavy atom. The van der Waals surface area contributed by atoms with Crippen molar-refractivity contribution >= 4 is 23.1 Å². The van der Waals surface area contributed by atoms with E-state index in [1.54, 1.807) is 4.90 Å². The van der Waals surface area contributed by atoms with E-state index in [9.17, 15) is 9.90 Å². The van der Waals surface area contributed by atoms with Gasteiger partial charge in [-0.1, -0.05) is 42.5 Å². The molecule has 1 aromatic rings. The second-order valence-electron chi connectivity index (χ2n) is 4.84. The molecular weight excluding hydrogens is 288 g/mol. The molecule has 0 aliphatic carbocycles. The fraction of sp³-hybridized carbons (Fsp3) is 0.467. The predicted octanol–water partition coefficient (Wildman–Crippen LogP) is 0.667. The van der Waals surface area contributed by atoms with Crippen molar-refractivity contribution in [3.8, 4) is 0 Å². The molecule has 114 valence electrons. The first-order chi connectivity index (χ1) is 10.2. The van der Waals surface area contributed by atoms with E-state index in [1.807, 2.05) is 35.2 Å². The van der Waals surface area contributed by atoms with E-state index >= 15 is 0 Å². The van der Waals surface area contributed by atoms with Gasteiger partial charge in [-0.05, 0) is 5.56 Å². The zero-order chi connectivity index (χ0) is 15.1. The van der Waals surface area contributed by atoms with E-state index < -0.39 is 0 Å². The summed E-state index contributed by atoms with van der Waals surface area (Å²) in [4.78, 5) is 16.3. The lowest BCUT2D eigenvalue weighted by Gasteiger charge is -2.31. The summed E-state index contributed by atoms with van der Waals surface area (Å²) in [6, 6.07) is 9.69. The summed E-state index contributed by atoms with van der Waals surface area (Å²) >= 11 is 5.30. The average molecular weight is 308 g/mol. The number of amides is 1. The van der Waals surface area contributed by atoms with Gasteiger partial charge in [0.2, 0.25) is 0 Å². The molecule has 1 aromatic carbocycles. The molecule has 5 nitrogen and oxygen atoms in total. The molecule has 1 aliphatic heterocycles. The highest BCUT2D eigenvalue weighted by Crippen LogP contribution is 2.08. The van der Waals surface area contributed by atoms with Crippen LogP contribution in [0, 0.1) is 0 Å². The molecule has 0 aromatic heterocycles. The summed E-state index contributed by atoms with van der Waals surface area (Å²) in [5, 5.41) is 9.18. The van der Waals surface area contributed by atoms with Crippen LogP contribution < -0.4 is 0 Å². The normalized spacial score (nSPS) is 14.8. The zero-order valence-corrected chi connectivity index (χ0v) is 12.7. The summed E-state index contributed by atoms with van der Waals surface area (Å²) in [6.07, 6.45) is 0. The maximum atomic E-state index is 12.5. The van der Waals surface area contributed by atoms with E-state index in [0.717, 1.165) is 5.56 Å². The first-order valence-electron chi connectivity index (χ1n) is 7.03. The van der Waals surface area contributed by atoms with Gasteiger partial charge in [-0.2, -0.15) is 0 Å². The largest absolute Gasteiger partial charge is 0.395 e. The fourth-order valence-corrected chi connectivity index (χ4v) is 2.53. The molecule has 0 spiro atoms. The van der Waals surface area contributed by atoms with Crippen LogP contribution in [-0.2, 0) is 16.1 Å². The molecule has 6 heteroatoms. The topological polar surface area (TPSA) is 53.0 Å². The van der Waals surface area contributed by atoms with Gasteiger partial charge in [0, 0.05) is 26.2 Å². The molecule has 1 aliphatic rings. The Hall–Kier alpha value is -1.50. The van der Waals surface area contributed by atoms with Crippen molar-refractivity contribution in [2.24, 2.45) is 0 Å². The van der Waals surface area contributed by atoms with Crippen LogP contribution in [0.25, 0.3) is 0 Å². The zero-order valence-electron chi connectivity index (χ0n) is 11.9. The minimum atomic E-state index is -0.204. The van der Waals surface area contributed by atoms with E-state index in [2.05, 4.69) is 0 Å². The minimum Gasteiger partial charge on any atom is -0.395 e. The molecule has 1 N–H and O–H groups in total. The quantitative estimate of drug-likeness (QED) is 0.829. The van der Waals surface area contributed by atoms with Crippen molar-refractivity contribution in [2.45, 2.75) is 6.54 Å². The van der Waals surface area contributed by atoms with Crippen LogP contribution >= 0.6 is 12.2 Å². The van der Waals surface area contributed by atoms with Crippen molar-refractivity contribution in [1.82, 2.24) is 9.80 Å². The number of rotatable bonds is 4. The number of hydrogen-bond acceptors (Lipinski definition) is 4. The lowest BCUT2D eigenvalue weighted by molar-refractivity contribution is -0.125. The third kappa shape index (κ3) is 4.49. The fourth-order valence-electron chi connectivity index (χ4n) is 2.21. The summed E-state index contributed by atoms with van der Waals surface area (Å²) in [5.41, 5.74) is 1.02. The van der Waals surface area contributed by atoms with Gasteiger partial charge >= 0.3 is 0 Å². The number of thiocarbonyl (C=S) groups is 1. The van der Waals surface area contributed by atoms with E-state index in [0.29, 0.717) is 37.8 Å². The van der Waals surface area contributed by atoms with Gasteiger partial charge in [0.1, 0.15) is 0 Å². The standard InChI is InChI=1S/C15H20N2O3S/c18-9-6-17(12-13-4-2-1-3-5-13)14(19)15(21)16-7-10-20-11-8-16/h1-5,18H,6-12H2. The number of aliphatic hydroxyl groups excluding tert-OH is 1. The highest BCUT2D eigenvalue weighted by molar-refractivity contribution is 7.81. The van der Waals surface area contributed by atoms with Crippen molar-refractivity contribution in [1.29, 1.82) is 0 Å². The van der Waals surface area contributed by atoms with Crippen LogP contribution in [0.3, 0.4) is 0 Å². The SMILES string of the molecule is O=C(C(=S)N1CCOCC1)N(CCO)Cc1ccccc1. The van der Waals surface area contributed by atoms with Crippen LogP contribution in [0.15, 0.2) is 30.3 Å². The molecule has 0 atom stereocenters. The Morgan fingerprint density at radius 3 is 2.57 bits per heavy atom.